The number of ketones is 1. The van der Waals surface area contributed by atoms with E-state index in [1.165, 1.54) is 29.5 Å². The lowest BCUT2D eigenvalue weighted by Gasteiger charge is -2.51. The van der Waals surface area contributed by atoms with Crippen LogP contribution in [0.2, 0.25) is 0 Å². The number of hydrogen-bond acceptors (Lipinski definition) is 2. The SMILES string of the molecule is C=CC[C@@H]1CC2C3C(CCC)Cc4cc(OCc5ccccc5)ccc4C3CC[C@]2(C)C1=O. The molecule has 0 saturated heterocycles. The number of hydrogen-bond donors (Lipinski definition) is 0. The average molecular weight is 443 g/mol. The second-order valence-corrected chi connectivity index (χ2v) is 11.0. The van der Waals surface area contributed by atoms with Gasteiger partial charge in [0.2, 0.25) is 0 Å². The van der Waals surface area contributed by atoms with E-state index in [4.69, 9.17) is 4.74 Å². The summed E-state index contributed by atoms with van der Waals surface area (Å²) in [5, 5.41) is 0. The number of benzene rings is 2. The van der Waals surface area contributed by atoms with Gasteiger partial charge in [-0.05, 0) is 84.6 Å². The molecule has 0 amide bonds. The van der Waals surface area contributed by atoms with Crippen LogP contribution in [0.25, 0.3) is 0 Å². The van der Waals surface area contributed by atoms with Gasteiger partial charge in [0, 0.05) is 11.3 Å². The fourth-order valence-corrected chi connectivity index (χ4v) is 7.60. The number of carbonyl (C=O) groups is 1. The number of fused-ring (bicyclic) bond motifs is 5. The molecule has 0 aromatic heterocycles. The van der Waals surface area contributed by atoms with Gasteiger partial charge < -0.3 is 4.74 Å². The molecule has 0 N–H and O–H groups in total. The molecule has 0 spiro atoms. The molecule has 0 heterocycles. The maximum Gasteiger partial charge on any atom is 0.142 e. The van der Waals surface area contributed by atoms with E-state index < -0.39 is 0 Å². The lowest BCUT2D eigenvalue weighted by molar-refractivity contribution is -0.132. The first kappa shape index (κ1) is 22.4. The molecule has 0 bridgehead atoms. The van der Waals surface area contributed by atoms with E-state index >= 15 is 0 Å². The van der Waals surface area contributed by atoms with Gasteiger partial charge in [0.1, 0.15) is 18.1 Å². The monoisotopic (exact) mass is 442 g/mol. The third kappa shape index (κ3) is 3.96. The molecule has 2 aromatic rings. The van der Waals surface area contributed by atoms with Crippen LogP contribution in [-0.4, -0.2) is 5.78 Å². The van der Waals surface area contributed by atoms with Crippen LogP contribution in [0.15, 0.2) is 61.2 Å². The topological polar surface area (TPSA) is 26.3 Å². The third-order valence-electron chi connectivity index (χ3n) is 9.09. The molecule has 2 aromatic carbocycles. The number of rotatable bonds is 7. The fourth-order valence-electron chi connectivity index (χ4n) is 7.60. The molecule has 2 heteroatoms. The highest BCUT2D eigenvalue weighted by Crippen LogP contribution is 2.63. The van der Waals surface area contributed by atoms with Gasteiger partial charge in [0.15, 0.2) is 0 Å². The van der Waals surface area contributed by atoms with Crippen LogP contribution in [0.1, 0.15) is 75.0 Å². The number of carbonyl (C=O) groups excluding carboxylic acids is 1. The van der Waals surface area contributed by atoms with Crippen LogP contribution in [0.4, 0.5) is 0 Å². The molecule has 2 saturated carbocycles. The van der Waals surface area contributed by atoms with E-state index in [9.17, 15) is 4.79 Å². The Hall–Kier alpha value is -2.35. The maximum atomic E-state index is 13.4. The Balaban J connectivity index is 1.42. The van der Waals surface area contributed by atoms with Crippen molar-refractivity contribution in [3.63, 3.8) is 0 Å². The van der Waals surface area contributed by atoms with Crippen molar-refractivity contribution < 1.29 is 9.53 Å². The second kappa shape index (κ2) is 9.12. The average Bonchev–Trinajstić information content (AvgIpc) is 3.08. The summed E-state index contributed by atoms with van der Waals surface area (Å²) < 4.78 is 6.18. The van der Waals surface area contributed by atoms with Crippen LogP contribution >= 0.6 is 0 Å². The highest BCUT2D eigenvalue weighted by atomic mass is 16.5. The van der Waals surface area contributed by atoms with Crippen molar-refractivity contribution in [3.8, 4) is 5.75 Å². The lowest BCUT2D eigenvalue weighted by atomic mass is 9.52. The molecule has 0 radical (unpaired) electrons. The van der Waals surface area contributed by atoms with Crippen LogP contribution in [0.3, 0.4) is 0 Å². The minimum Gasteiger partial charge on any atom is -0.489 e. The van der Waals surface area contributed by atoms with Crippen molar-refractivity contribution in [2.24, 2.45) is 29.1 Å². The Morgan fingerprint density at radius 2 is 2.00 bits per heavy atom. The molecular weight excluding hydrogens is 404 g/mol. The summed E-state index contributed by atoms with van der Waals surface area (Å²) in [6.07, 6.45) is 9.63. The van der Waals surface area contributed by atoms with Crippen molar-refractivity contribution in [2.45, 2.75) is 71.3 Å². The zero-order valence-electron chi connectivity index (χ0n) is 20.3. The highest BCUT2D eigenvalue weighted by molar-refractivity contribution is 5.89. The van der Waals surface area contributed by atoms with E-state index in [0.717, 1.165) is 37.9 Å². The predicted molar refractivity (Wildman–Crippen MR) is 134 cm³/mol. The predicted octanol–water partition coefficient (Wildman–Crippen LogP) is 7.52. The van der Waals surface area contributed by atoms with E-state index in [0.29, 0.717) is 36.1 Å². The van der Waals surface area contributed by atoms with E-state index in [2.05, 4.69) is 62.9 Å². The first-order valence-corrected chi connectivity index (χ1v) is 13.0. The number of Topliss-reactive ketones (excluding diaryl/α,β-unsaturated/α-hetero) is 1. The van der Waals surface area contributed by atoms with Gasteiger partial charge in [-0.25, -0.2) is 0 Å². The molecule has 3 aliphatic rings. The first-order valence-electron chi connectivity index (χ1n) is 13.0. The molecule has 2 nitrogen and oxygen atoms in total. The van der Waals surface area contributed by atoms with Gasteiger partial charge in [-0.3, -0.25) is 4.79 Å². The van der Waals surface area contributed by atoms with Crippen molar-refractivity contribution in [3.05, 3.63) is 77.9 Å². The minimum atomic E-state index is -0.128. The number of ether oxygens (including phenoxy) is 1. The standard InChI is InChI=1S/C31H38O2/c1-4-9-22-17-24-18-25(33-20-21-11-7-6-8-12-21)13-14-26(24)27-15-16-31(3)28(29(22)27)19-23(10-5-2)30(31)32/h5-8,11-14,18,22-23,27-29H,2,4,9-10,15-17,19-20H2,1,3H3/t22?,23-,27?,28?,29?,31+/m1/s1. The summed E-state index contributed by atoms with van der Waals surface area (Å²) >= 11 is 0. The Morgan fingerprint density at radius 3 is 2.76 bits per heavy atom. The summed E-state index contributed by atoms with van der Waals surface area (Å²) in [4.78, 5) is 13.4. The summed E-state index contributed by atoms with van der Waals surface area (Å²) in [6.45, 7) is 9.14. The summed E-state index contributed by atoms with van der Waals surface area (Å²) in [5.41, 5.74) is 4.08. The van der Waals surface area contributed by atoms with E-state index in [1.54, 1.807) is 0 Å². The van der Waals surface area contributed by atoms with Gasteiger partial charge >= 0.3 is 0 Å². The van der Waals surface area contributed by atoms with Gasteiger partial charge in [-0.1, -0.05) is 69.2 Å². The molecule has 5 rings (SSSR count). The van der Waals surface area contributed by atoms with E-state index in [-0.39, 0.29) is 11.3 Å². The lowest BCUT2D eigenvalue weighted by Crippen LogP contribution is -2.46. The van der Waals surface area contributed by atoms with Gasteiger partial charge in [0.25, 0.3) is 0 Å². The molecule has 174 valence electrons. The Morgan fingerprint density at radius 1 is 1.18 bits per heavy atom. The van der Waals surface area contributed by atoms with Crippen molar-refractivity contribution in [1.82, 2.24) is 0 Å². The fraction of sp³-hybridized carbons (Fsp3) is 0.516. The molecule has 2 fully saturated rings. The molecule has 4 unspecified atom stereocenters. The van der Waals surface area contributed by atoms with Gasteiger partial charge in [-0.2, -0.15) is 0 Å². The second-order valence-electron chi connectivity index (χ2n) is 11.0. The summed E-state index contributed by atoms with van der Waals surface area (Å²) in [5.74, 6) is 4.09. The Labute approximate surface area is 199 Å². The first-order chi connectivity index (χ1) is 16.0. The van der Waals surface area contributed by atoms with E-state index in [1.807, 2.05) is 12.1 Å². The van der Waals surface area contributed by atoms with Crippen molar-refractivity contribution >= 4 is 5.78 Å². The van der Waals surface area contributed by atoms with Crippen LogP contribution in [0.5, 0.6) is 5.75 Å². The zero-order chi connectivity index (χ0) is 23.0. The van der Waals surface area contributed by atoms with Crippen molar-refractivity contribution in [2.75, 3.05) is 0 Å². The molecule has 0 aliphatic heterocycles. The Kier molecular flexibility index (Phi) is 6.20. The Bertz CT molecular complexity index is 1010. The molecule has 6 atom stereocenters. The quantitative estimate of drug-likeness (QED) is 0.415. The highest BCUT2D eigenvalue weighted by Gasteiger charge is 2.59. The third-order valence-corrected chi connectivity index (χ3v) is 9.09. The zero-order valence-corrected chi connectivity index (χ0v) is 20.3. The summed E-state index contributed by atoms with van der Waals surface area (Å²) in [7, 11) is 0. The van der Waals surface area contributed by atoms with Crippen molar-refractivity contribution in [1.29, 1.82) is 0 Å². The largest absolute Gasteiger partial charge is 0.489 e. The van der Waals surface area contributed by atoms with Crippen LogP contribution in [-0.2, 0) is 17.8 Å². The van der Waals surface area contributed by atoms with Gasteiger partial charge in [-0.15, -0.1) is 6.58 Å². The normalized spacial score (nSPS) is 32.5. The van der Waals surface area contributed by atoms with Crippen LogP contribution < -0.4 is 4.74 Å². The molecule has 3 aliphatic carbocycles. The smallest absolute Gasteiger partial charge is 0.142 e. The summed E-state index contributed by atoms with van der Waals surface area (Å²) in [6, 6.07) is 17.2. The molecule has 33 heavy (non-hydrogen) atoms. The maximum absolute atomic E-state index is 13.4. The number of allylic oxidation sites excluding steroid dienone is 1. The molecular formula is C31H38O2. The van der Waals surface area contributed by atoms with Gasteiger partial charge in [0.05, 0.1) is 0 Å². The minimum absolute atomic E-state index is 0.128. The van der Waals surface area contributed by atoms with Crippen LogP contribution in [0, 0.1) is 29.1 Å².